The minimum absolute atomic E-state index is 0.0202. The van der Waals surface area contributed by atoms with E-state index in [9.17, 15) is 18.0 Å². The molecule has 34 heavy (non-hydrogen) atoms. The zero-order valence-corrected chi connectivity index (χ0v) is 19.4. The van der Waals surface area contributed by atoms with Gasteiger partial charge in [-0.1, -0.05) is 38.1 Å². The maximum absolute atomic E-state index is 13.8. The molecule has 8 heteroatoms. The molecule has 1 N–H and O–H groups in total. The maximum Gasteiger partial charge on any atom is 0.416 e. The minimum Gasteiger partial charge on any atom is -0.377 e. The van der Waals surface area contributed by atoms with E-state index in [1.165, 1.54) is 12.3 Å². The Labute approximate surface area is 196 Å². The minimum atomic E-state index is -4.44. The predicted octanol–water partition coefficient (Wildman–Crippen LogP) is 6.34. The number of aromatic nitrogens is 1. The van der Waals surface area contributed by atoms with Crippen molar-refractivity contribution >= 4 is 28.2 Å². The fourth-order valence-corrected chi connectivity index (χ4v) is 4.56. The van der Waals surface area contributed by atoms with E-state index >= 15 is 0 Å². The first-order chi connectivity index (χ1) is 16.2. The number of benzene rings is 2. The number of morpholine rings is 1. The van der Waals surface area contributed by atoms with Gasteiger partial charge in [-0.05, 0) is 43.5 Å². The molecular weight excluding hydrogens is 443 g/mol. The summed E-state index contributed by atoms with van der Waals surface area (Å²) in [5, 5.41) is 4.44. The van der Waals surface area contributed by atoms with Gasteiger partial charge in [-0.15, -0.1) is 0 Å². The Balaban J connectivity index is 1.77. The van der Waals surface area contributed by atoms with Crippen molar-refractivity contribution in [3.8, 4) is 0 Å². The standard InChI is InChI=1S/C26H28F3N3O2/c1-4-19-14-34-15-20(5-2)32(19)25(33)22-13-30-24(21-11-6-8-16(3)23(21)22)31-18-10-7-9-17(12-18)26(27,28)29/h6-13,19-20H,4-5,14-15H2,1-3H3,(H,30,31). The monoisotopic (exact) mass is 471 g/mol. The molecule has 0 aliphatic carbocycles. The van der Waals surface area contributed by atoms with Crippen molar-refractivity contribution in [2.24, 2.45) is 0 Å². The van der Waals surface area contributed by atoms with Crippen LogP contribution < -0.4 is 5.32 Å². The summed E-state index contributed by atoms with van der Waals surface area (Å²) in [6.45, 7) is 6.99. The Morgan fingerprint density at radius 2 is 1.79 bits per heavy atom. The number of nitrogens with one attached hydrogen (secondary N) is 1. The van der Waals surface area contributed by atoms with E-state index in [-0.39, 0.29) is 23.7 Å². The topological polar surface area (TPSA) is 54.5 Å². The number of anilines is 2. The number of aryl methyl sites for hydroxylation is 1. The average molecular weight is 472 g/mol. The van der Waals surface area contributed by atoms with Crippen molar-refractivity contribution in [2.75, 3.05) is 18.5 Å². The van der Waals surface area contributed by atoms with Crippen LogP contribution in [0, 0.1) is 6.92 Å². The third kappa shape index (κ3) is 4.59. The second kappa shape index (κ2) is 9.62. The molecule has 2 heterocycles. The Morgan fingerprint density at radius 1 is 1.12 bits per heavy atom. The molecule has 4 rings (SSSR count). The largest absolute Gasteiger partial charge is 0.416 e. The van der Waals surface area contributed by atoms with E-state index in [4.69, 9.17) is 4.74 Å². The lowest BCUT2D eigenvalue weighted by Gasteiger charge is -2.41. The number of nitrogens with zero attached hydrogens (tertiary/aromatic N) is 2. The second-order valence-corrected chi connectivity index (χ2v) is 8.60. The highest BCUT2D eigenvalue weighted by Crippen LogP contribution is 2.34. The Hall–Kier alpha value is -3.13. The maximum atomic E-state index is 13.8. The van der Waals surface area contributed by atoms with Gasteiger partial charge < -0.3 is 15.0 Å². The molecule has 2 aromatic carbocycles. The fourth-order valence-electron chi connectivity index (χ4n) is 4.56. The van der Waals surface area contributed by atoms with Gasteiger partial charge in [-0.25, -0.2) is 4.98 Å². The molecule has 1 aliphatic heterocycles. The van der Waals surface area contributed by atoms with Crippen LogP contribution in [0.1, 0.15) is 48.2 Å². The molecule has 0 saturated carbocycles. The van der Waals surface area contributed by atoms with Gasteiger partial charge in [-0.3, -0.25) is 4.79 Å². The van der Waals surface area contributed by atoms with Crippen molar-refractivity contribution in [3.05, 3.63) is 65.4 Å². The summed E-state index contributed by atoms with van der Waals surface area (Å²) < 4.78 is 45.2. The summed E-state index contributed by atoms with van der Waals surface area (Å²) in [6, 6.07) is 10.5. The molecule has 2 unspecified atom stereocenters. The zero-order valence-electron chi connectivity index (χ0n) is 19.4. The van der Waals surface area contributed by atoms with Crippen molar-refractivity contribution in [1.82, 2.24) is 9.88 Å². The van der Waals surface area contributed by atoms with Crippen molar-refractivity contribution in [1.29, 1.82) is 0 Å². The molecular formula is C26H28F3N3O2. The Morgan fingerprint density at radius 3 is 2.44 bits per heavy atom. The van der Waals surface area contributed by atoms with E-state index < -0.39 is 11.7 Å². The molecule has 3 aromatic rings. The second-order valence-electron chi connectivity index (χ2n) is 8.60. The predicted molar refractivity (Wildman–Crippen MR) is 126 cm³/mol. The number of hydrogen-bond donors (Lipinski definition) is 1. The number of halogens is 3. The van der Waals surface area contributed by atoms with Gasteiger partial charge in [0.25, 0.3) is 5.91 Å². The third-order valence-electron chi connectivity index (χ3n) is 6.39. The highest BCUT2D eigenvalue weighted by molar-refractivity contribution is 6.11. The fraction of sp³-hybridized carbons (Fsp3) is 0.385. The van der Waals surface area contributed by atoms with Gasteiger partial charge in [-0.2, -0.15) is 13.2 Å². The molecule has 0 radical (unpaired) electrons. The number of carbonyl (C=O) groups excluding carboxylic acids is 1. The van der Waals surface area contributed by atoms with Crippen LogP contribution in [-0.2, 0) is 10.9 Å². The smallest absolute Gasteiger partial charge is 0.377 e. The van der Waals surface area contributed by atoms with Gasteiger partial charge >= 0.3 is 6.18 Å². The molecule has 1 saturated heterocycles. The molecule has 2 atom stereocenters. The van der Waals surface area contributed by atoms with Crippen LogP contribution in [0.5, 0.6) is 0 Å². The van der Waals surface area contributed by atoms with Crippen LogP contribution >= 0.6 is 0 Å². The number of alkyl halides is 3. The van der Waals surface area contributed by atoms with E-state index in [0.717, 1.165) is 35.9 Å². The summed E-state index contributed by atoms with van der Waals surface area (Å²) in [5.74, 6) is 0.301. The SMILES string of the molecule is CCC1COCC(CC)N1C(=O)c1cnc(Nc2cccc(C(F)(F)F)c2)c2cccc(C)c12. The molecule has 0 bridgehead atoms. The Kier molecular flexibility index (Phi) is 6.79. The summed E-state index contributed by atoms with van der Waals surface area (Å²) in [4.78, 5) is 20.2. The van der Waals surface area contributed by atoms with Crippen LogP contribution in [0.2, 0.25) is 0 Å². The lowest BCUT2D eigenvalue weighted by Crippen LogP contribution is -2.54. The normalized spacial score (nSPS) is 18.8. The van der Waals surface area contributed by atoms with Crippen molar-refractivity contribution in [3.63, 3.8) is 0 Å². The molecule has 1 fully saturated rings. The van der Waals surface area contributed by atoms with Gasteiger partial charge in [0, 0.05) is 22.7 Å². The average Bonchev–Trinajstić information content (AvgIpc) is 2.83. The third-order valence-corrected chi connectivity index (χ3v) is 6.39. The first-order valence-corrected chi connectivity index (χ1v) is 11.5. The number of rotatable bonds is 5. The number of amides is 1. The number of pyridine rings is 1. The Bertz CT molecular complexity index is 1180. The van der Waals surface area contributed by atoms with Crippen LogP contribution in [0.3, 0.4) is 0 Å². The number of fused-ring (bicyclic) bond motifs is 1. The van der Waals surface area contributed by atoms with E-state index in [1.807, 2.05) is 43.9 Å². The van der Waals surface area contributed by atoms with Crippen LogP contribution in [0.4, 0.5) is 24.7 Å². The number of ether oxygens (including phenoxy) is 1. The van der Waals surface area contributed by atoms with E-state index in [0.29, 0.717) is 30.0 Å². The number of carbonyl (C=O) groups is 1. The van der Waals surface area contributed by atoms with Crippen molar-refractivity contribution < 1.29 is 22.7 Å². The van der Waals surface area contributed by atoms with Crippen LogP contribution in [0.15, 0.2) is 48.7 Å². The summed E-state index contributed by atoms with van der Waals surface area (Å²) in [5.41, 5.74) is 0.911. The number of hydrogen-bond acceptors (Lipinski definition) is 4. The molecule has 1 aromatic heterocycles. The van der Waals surface area contributed by atoms with E-state index in [2.05, 4.69) is 10.3 Å². The first-order valence-electron chi connectivity index (χ1n) is 11.5. The first kappa shape index (κ1) is 24.0. The molecule has 5 nitrogen and oxygen atoms in total. The summed E-state index contributed by atoms with van der Waals surface area (Å²) in [7, 11) is 0. The highest BCUT2D eigenvalue weighted by atomic mass is 19.4. The quantitative estimate of drug-likeness (QED) is 0.472. The molecule has 1 amide bonds. The lowest BCUT2D eigenvalue weighted by molar-refractivity contribution is -0.137. The molecule has 1 aliphatic rings. The summed E-state index contributed by atoms with van der Waals surface area (Å²) in [6.07, 6.45) is -1.35. The summed E-state index contributed by atoms with van der Waals surface area (Å²) >= 11 is 0. The lowest BCUT2D eigenvalue weighted by atomic mass is 9.98. The van der Waals surface area contributed by atoms with Crippen LogP contribution in [0.25, 0.3) is 10.8 Å². The highest BCUT2D eigenvalue weighted by Gasteiger charge is 2.35. The van der Waals surface area contributed by atoms with Gasteiger partial charge in [0.2, 0.25) is 0 Å². The van der Waals surface area contributed by atoms with Gasteiger partial charge in [0.05, 0.1) is 36.4 Å². The van der Waals surface area contributed by atoms with Gasteiger partial charge in [0.15, 0.2) is 0 Å². The van der Waals surface area contributed by atoms with E-state index in [1.54, 1.807) is 6.07 Å². The molecule has 0 spiro atoms. The zero-order chi connectivity index (χ0) is 24.5. The van der Waals surface area contributed by atoms with Crippen LogP contribution in [-0.4, -0.2) is 41.1 Å². The molecule has 180 valence electrons. The van der Waals surface area contributed by atoms with Crippen molar-refractivity contribution in [2.45, 2.75) is 51.9 Å². The van der Waals surface area contributed by atoms with Gasteiger partial charge in [0.1, 0.15) is 5.82 Å².